The van der Waals surface area contributed by atoms with E-state index in [9.17, 15) is 4.79 Å². The van der Waals surface area contributed by atoms with Crippen molar-refractivity contribution in [2.24, 2.45) is 5.92 Å². The first-order valence-corrected chi connectivity index (χ1v) is 6.83. The third-order valence-corrected chi connectivity index (χ3v) is 4.17. The Kier molecular flexibility index (Phi) is 3.05. The Hall–Kier alpha value is -1.77. The molecule has 0 spiro atoms. The molecule has 0 aromatic heterocycles. The summed E-state index contributed by atoms with van der Waals surface area (Å²) in [6.45, 7) is 2.85. The molecular weight excluding hydrogens is 240 g/mol. The number of hydrogen-bond donors (Lipinski definition) is 0. The van der Waals surface area contributed by atoms with Crippen LogP contribution in [0.1, 0.15) is 25.3 Å². The first kappa shape index (κ1) is 12.3. The molecule has 0 bridgehead atoms. The van der Waals surface area contributed by atoms with Gasteiger partial charge in [0, 0.05) is 11.5 Å². The molecule has 2 aliphatic rings. The number of esters is 1. The summed E-state index contributed by atoms with van der Waals surface area (Å²) in [5, 5.41) is 0. The van der Waals surface area contributed by atoms with E-state index in [1.54, 1.807) is 0 Å². The molecule has 1 aliphatic heterocycles. The molecule has 0 radical (unpaired) electrons. The third kappa shape index (κ3) is 1.76. The van der Waals surface area contributed by atoms with E-state index in [-0.39, 0.29) is 11.9 Å². The summed E-state index contributed by atoms with van der Waals surface area (Å²) < 4.78 is 11.2. The van der Waals surface area contributed by atoms with E-state index in [0.717, 1.165) is 17.7 Å². The summed E-state index contributed by atoms with van der Waals surface area (Å²) in [6.07, 6.45) is 5.80. The van der Waals surface area contributed by atoms with Gasteiger partial charge >= 0.3 is 5.97 Å². The first-order chi connectivity index (χ1) is 9.29. The van der Waals surface area contributed by atoms with Gasteiger partial charge in [0.25, 0.3) is 0 Å². The minimum absolute atomic E-state index is 0.111. The smallest absolute Gasteiger partial charge is 0.317 e. The number of rotatable bonds is 2. The molecule has 1 aromatic rings. The zero-order valence-corrected chi connectivity index (χ0v) is 11.1. The molecule has 2 unspecified atom stereocenters. The van der Waals surface area contributed by atoms with Crippen LogP contribution < -0.4 is 4.74 Å². The average molecular weight is 258 g/mol. The van der Waals surface area contributed by atoms with Crippen LogP contribution in [0.5, 0.6) is 5.75 Å². The molecule has 0 amide bonds. The molecule has 3 heteroatoms. The number of allylic oxidation sites excluding steroid dienone is 2. The molecule has 19 heavy (non-hydrogen) atoms. The van der Waals surface area contributed by atoms with Gasteiger partial charge in [-0.25, -0.2) is 0 Å². The SMILES string of the molecule is CCOC(=O)C12CC=CCC1COc1ccccc12. The average Bonchev–Trinajstić information content (AvgIpc) is 2.47. The fourth-order valence-electron chi connectivity index (χ4n) is 3.21. The predicted molar refractivity (Wildman–Crippen MR) is 72.1 cm³/mol. The van der Waals surface area contributed by atoms with Gasteiger partial charge in [-0.15, -0.1) is 0 Å². The highest BCUT2D eigenvalue weighted by Gasteiger charge is 2.52. The van der Waals surface area contributed by atoms with Crippen molar-refractivity contribution >= 4 is 5.97 Å². The van der Waals surface area contributed by atoms with Gasteiger partial charge in [-0.05, 0) is 25.8 Å². The van der Waals surface area contributed by atoms with E-state index in [1.165, 1.54) is 0 Å². The lowest BCUT2D eigenvalue weighted by atomic mass is 9.63. The molecule has 100 valence electrons. The number of fused-ring (bicyclic) bond motifs is 3. The molecule has 0 saturated heterocycles. The summed E-state index contributed by atoms with van der Waals surface area (Å²) in [5.41, 5.74) is 0.425. The Morgan fingerprint density at radius 2 is 2.26 bits per heavy atom. The van der Waals surface area contributed by atoms with Crippen molar-refractivity contribution in [3.8, 4) is 5.75 Å². The van der Waals surface area contributed by atoms with Crippen LogP contribution in [0.15, 0.2) is 36.4 Å². The van der Waals surface area contributed by atoms with Crippen molar-refractivity contribution in [3.63, 3.8) is 0 Å². The Morgan fingerprint density at radius 1 is 1.42 bits per heavy atom. The van der Waals surface area contributed by atoms with E-state index in [4.69, 9.17) is 9.47 Å². The van der Waals surface area contributed by atoms with E-state index >= 15 is 0 Å². The Balaban J connectivity index is 2.13. The normalized spacial score (nSPS) is 27.9. The van der Waals surface area contributed by atoms with Crippen molar-refractivity contribution in [1.82, 2.24) is 0 Å². The predicted octanol–water partition coefficient (Wildman–Crippen LogP) is 2.85. The third-order valence-electron chi connectivity index (χ3n) is 4.17. The van der Waals surface area contributed by atoms with E-state index in [0.29, 0.717) is 19.6 Å². The second-order valence-corrected chi connectivity index (χ2v) is 5.11. The number of para-hydroxylation sites is 1. The number of hydrogen-bond acceptors (Lipinski definition) is 3. The zero-order valence-electron chi connectivity index (χ0n) is 11.1. The van der Waals surface area contributed by atoms with Crippen molar-refractivity contribution in [2.75, 3.05) is 13.2 Å². The zero-order chi connectivity index (χ0) is 13.3. The van der Waals surface area contributed by atoms with Crippen LogP contribution in [-0.2, 0) is 14.9 Å². The van der Waals surface area contributed by atoms with Gasteiger partial charge < -0.3 is 9.47 Å². The molecular formula is C16H18O3. The van der Waals surface area contributed by atoms with Crippen molar-refractivity contribution in [1.29, 1.82) is 0 Å². The minimum atomic E-state index is -0.556. The summed E-state index contributed by atoms with van der Waals surface area (Å²) in [7, 11) is 0. The quantitative estimate of drug-likeness (QED) is 0.604. The molecule has 2 atom stereocenters. The fraction of sp³-hybridized carbons (Fsp3) is 0.438. The summed E-state index contributed by atoms with van der Waals surface area (Å²) in [5.74, 6) is 0.883. The summed E-state index contributed by atoms with van der Waals surface area (Å²) in [6, 6.07) is 7.84. The van der Waals surface area contributed by atoms with Gasteiger partial charge in [-0.2, -0.15) is 0 Å². The van der Waals surface area contributed by atoms with Crippen LogP contribution >= 0.6 is 0 Å². The van der Waals surface area contributed by atoms with Crippen LogP contribution in [0, 0.1) is 5.92 Å². The second-order valence-electron chi connectivity index (χ2n) is 5.11. The maximum absolute atomic E-state index is 12.6. The molecule has 3 nitrogen and oxygen atoms in total. The Labute approximate surface area is 113 Å². The van der Waals surface area contributed by atoms with E-state index in [1.807, 2.05) is 31.2 Å². The van der Waals surface area contributed by atoms with Gasteiger partial charge in [0.1, 0.15) is 11.2 Å². The van der Waals surface area contributed by atoms with Crippen molar-refractivity contribution in [3.05, 3.63) is 42.0 Å². The van der Waals surface area contributed by atoms with Gasteiger partial charge in [0.15, 0.2) is 0 Å². The standard InChI is InChI=1S/C16H18O3/c1-2-18-15(17)16-10-6-5-7-12(16)11-19-14-9-4-3-8-13(14)16/h3-6,8-9,12H,2,7,10-11H2,1H3. The molecule has 1 aliphatic carbocycles. The molecule has 1 aromatic carbocycles. The van der Waals surface area contributed by atoms with Gasteiger partial charge in [-0.1, -0.05) is 30.4 Å². The highest BCUT2D eigenvalue weighted by Crippen LogP contribution is 2.48. The van der Waals surface area contributed by atoms with Crippen molar-refractivity contribution < 1.29 is 14.3 Å². The van der Waals surface area contributed by atoms with Crippen LogP contribution in [0.4, 0.5) is 0 Å². The Morgan fingerprint density at radius 3 is 3.11 bits per heavy atom. The van der Waals surface area contributed by atoms with Gasteiger partial charge in [0.05, 0.1) is 13.2 Å². The van der Waals surface area contributed by atoms with Gasteiger partial charge in [0.2, 0.25) is 0 Å². The van der Waals surface area contributed by atoms with Crippen LogP contribution in [-0.4, -0.2) is 19.2 Å². The van der Waals surface area contributed by atoms with Crippen LogP contribution in [0.2, 0.25) is 0 Å². The Bertz CT molecular complexity index is 520. The topological polar surface area (TPSA) is 35.5 Å². The molecule has 0 saturated carbocycles. The van der Waals surface area contributed by atoms with E-state index in [2.05, 4.69) is 12.2 Å². The maximum Gasteiger partial charge on any atom is 0.317 e. The lowest BCUT2D eigenvalue weighted by Gasteiger charge is -2.43. The fourth-order valence-corrected chi connectivity index (χ4v) is 3.21. The monoisotopic (exact) mass is 258 g/mol. The number of carbonyl (C=O) groups is 1. The maximum atomic E-state index is 12.6. The van der Waals surface area contributed by atoms with Crippen LogP contribution in [0.3, 0.4) is 0 Å². The highest BCUT2D eigenvalue weighted by molar-refractivity contribution is 5.85. The number of carbonyl (C=O) groups excluding carboxylic acids is 1. The number of ether oxygens (including phenoxy) is 2. The van der Waals surface area contributed by atoms with Gasteiger partial charge in [-0.3, -0.25) is 4.79 Å². The number of benzene rings is 1. The molecule has 0 fully saturated rings. The summed E-state index contributed by atoms with van der Waals surface area (Å²) in [4.78, 5) is 12.6. The largest absolute Gasteiger partial charge is 0.493 e. The summed E-state index contributed by atoms with van der Waals surface area (Å²) >= 11 is 0. The van der Waals surface area contributed by atoms with Crippen LogP contribution in [0.25, 0.3) is 0 Å². The second kappa shape index (κ2) is 4.72. The highest BCUT2D eigenvalue weighted by atomic mass is 16.5. The van der Waals surface area contributed by atoms with E-state index < -0.39 is 5.41 Å². The molecule has 0 N–H and O–H groups in total. The lowest BCUT2D eigenvalue weighted by molar-refractivity contribution is -0.154. The molecule has 3 rings (SSSR count). The van der Waals surface area contributed by atoms with Crippen molar-refractivity contribution in [2.45, 2.75) is 25.2 Å². The minimum Gasteiger partial charge on any atom is -0.493 e. The first-order valence-electron chi connectivity index (χ1n) is 6.83. The lowest BCUT2D eigenvalue weighted by Crippen LogP contribution is -2.50. The molecule has 1 heterocycles.